The highest BCUT2D eigenvalue weighted by atomic mass is 14.4. The monoisotopic (exact) mass is 348 g/mol. The Morgan fingerprint density at radius 2 is 1.92 bits per heavy atom. The van der Waals surface area contributed by atoms with E-state index in [4.69, 9.17) is 0 Å². The van der Waals surface area contributed by atoms with Crippen LogP contribution in [0.25, 0.3) is 0 Å². The van der Waals surface area contributed by atoms with Crippen molar-refractivity contribution in [3.05, 3.63) is 71.3 Å². The molecule has 0 amide bonds. The molecular formula is C26H36. The van der Waals surface area contributed by atoms with E-state index in [1.807, 2.05) is 0 Å². The third-order valence-corrected chi connectivity index (χ3v) is 6.21. The summed E-state index contributed by atoms with van der Waals surface area (Å²) >= 11 is 0. The summed E-state index contributed by atoms with van der Waals surface area (Å²) in [5, 5.41) is 0. The molecule has 1 aromatic rings. The summed E-state index contributed by atoms with van der Waals surface area (Å²) in [7, 11) is 0. The van der Waals surface area contributed by atoms with Crippen LogP contribution < -0.4 is 0 Å². The molecule has 2 aliphatic carbocycles. The van der Waals surface area contributed by atoms with Gasteiger partial charge in [-0.3, -0.25) is 0 Å². The minimum absolute atomic E-state index is 0.652. The Bertz CT molecular complexity index is 657. The van der Waals surface area contributed by atoms with Gasteiger partial charge in [-0.05, 0) is 87.2 Å². The van der Waals surface area contributed by atoms with E-state index in [-0.39, 0.29) is 0 Å². The first-order valence-electron chi connectivity index (χ1n) is 10.7. The Balaban J connectivity index is 1.85. The molecular weight excluding hydrogens is 312 g/mol. The standard InChI is InChI=1S/C26H36/c1-4-5-6-10-14-26(22-15-16-22)24-18-20(2)17-23(19-24)25-13-11-8-7-9-12-21(25)3/h4-6,9-10,12,17-19,21-22,25-26H,7-8,11,13-16H2,1-3H3. The van der Waals surface area contributed by atoms with Gasteiger partial charge < -0.3 is 0 Å². The Morgan fingerprint density at radius 3 is 2.69 bits per heavy atom. The van der Waals surface area contributed by atoms with Crippen LogP contribution in [-0.2, 0) is 0 Å². The van der Waals surface area contributed by atoms with E-state index in [1.54, 1.807) is 11.1 Å². The number of aryl methyl sites for hydroxylation is 1. The first kappa shape index (κ1) is 19.2. The number of hydrogen-bond donors (Lipinski definition) is 0. The Hall–Kier alpha value is -1.56. The van der Waals surface area contributed by atoms with Crippen molar-refractivity contribution in [2.45, 2.75) is 77.6 Å². The van der Waals surface area contributed by atoms with E-state index in [2.05, 4.69) is 75.4 Å². The fourth-order valence-electron chi connectivity index (χ4n) is 4.59. The van der Waals surface area contributed by atoms with Crippen LogP contribution in [-0.4, -0.2) is 0 Å². The third kappa shape index (κ3) is 5.22. The predicted octanol–water partition coefficient (Wildman–Crippen LogP) is 7.86. The van der Waals surface area contributed by atoms with Crippen molar-refractivity contribution >= 4 is 0 Å². The molecule has 26 heavy (non-hydrogen) atoms. The van der Waals surface area contributed by atoms with Gasteiger partial charge in [-0.25, -0.2) is 0 Å². The molecule has 0 N–H and O–H groups in total. The molecule has 3 rings (SSSR count). The van der Waals surface area contributed by atoms with Crippen molar-refractivity contribution in [2.75, 3.05) is 0 Å². The van der Waals surface area contributed by atoms with Crippen LogP contribution in [0.2, 0.25) is 0 Å². The van der Waals surface area contributed by atoms with Crippen LogP contribution in [0.15, 0.2) is 54.7 Å². The maximum Gasteiger partial charge on any atom is -0.00987 e. The molecule has 3 atom stereocenters. The molecule has 0 aromatic heterocycles. The van der Waals surface area contributed by atoms with Gasteiger partial charge in [-0.15, -0.1) is 0 Å². The van der Waals surface area contributed by atoms with Crippen molar-refractivity contribution in [1.82, 2.24) is 0 Å². The average Bonchev–Trinajstić information content (AvgIpc) is 3.43. The second-order valence-corrected chi connectivity index (χ2v) is 8.49. The predicted molar refractivity (Wildman–Crippen MR) is 115 cm³/mol. The minimum Gasteiger partial charge on any atom is -0.0882 e. The van der Waals surface area contributed by atoms with Crippen LogP contribution in [0, 0.1) is 18.8 Å². The SMILES string of the molecule is CC=CC=CCC(c1cc(C)cc(C2CCCCC=CC2C)c1)C1CC1. The molecule has 1 aromatic carbocycles. The fourth-order valence-corrected chi connectivity index (χ4v) is 4.59. The van der Waals surface area contributed by atoms with E-state index in [0.29, 0.717) is 17.8 Å². The van der Waals surface area contributed by atoms with Crippen LogP contribution in [0.4, 0.5) is 0 Å². The van der Waals surface area contributed by atoms with Crippen molar-refractivity contribution in [3.63, 3.8) is 0 Å². The lowest BCUT2D eigenvalue weighted by atomic mass is 9.79. The van der Waals surface area contributed by atoms with Gasteiger partial charge in [0.2, 0.25) is 0 Å². The molecule has 0 bridgehead atoms. The lowest BCUT2D eigenvalue weighted by molar-refractivity contribution is 0.472. The van der Waals surface area contributed by atoms with Crippen molar-refractivity contribution in [1.29, 1.82) is 0 Å². The quantitative estimate of drug-likeness (QED) is 0.362. The average molecular weight is 349 g/mol. The van der Waals surface area contributed by atoms with Crippen LogP contribution >= 0.6 is 0 Å². The topological polar surface area (TPSA) is 0 Å². The summed E-state index contributed by atoms with van der Waals surface area (Å²) in [6.45, 7) is 6.78. The second-order valence-electron chi connectivity index (χ2n) is 8.49. The molecule has 1 saturated carbocycles. The van der Waals surface area contributed by atoms with Gasteiger partial charge in [0, 0.05) is 0 Å². The summed E-state index contributed by atoms with van der Waals surface area (Å²) in [6.07, 6.45) is 23.0. The molecule has 0 heterocycles. The third-order valence-electron chi connectivity index (χ3n) is 6.21. The number of allylic oxidation sites excluding steroid dienone is 6. The van der Waals surface area contributed by atoms with E-state index in [9.17, 15) is 0 Å². The summed E-state index contributed by atoms with van der Waals surface area (Å²) in [4.78, 5) is 0. The zero-order chi connectivity index (χ0) is 18.4. The second kappa shape index (κ2) is 9.40. The van der Waals surface area contributed by atoms with Gasteiger partial charge in [0.15, 0.2) is 0 Å². The Kier molecular flexibility index (Phi) is 6.94. The zero-order valence-corrected chi connectivity index (χ0v) is 17.0. The summed E-state index contributed by atoms with van der Waals surface area (Å²) in [5.41, 5.74) is 4.62. The van der Waals surface area contributed by atoms with Gasteiger partial charge in [-0.1, -0.05) is 73.6 Å². The lowest BCUT2D eigenvalue weighted by Gasteiger charge is -2.26. The molecule has 0 radical (unpaired) electrons. The highest BCUT2D eigenvalue weighted by molar-refractivity contribution is 5.36. The normalized spacial score (nSPS) is 25.5. The molecule has 0 saturated heterocycles. The Labute approximate surface area is 161 Å². The maximum atomic E-state index is 2.57. The molecule has 3 unspecified atom stereocenters. The zero-order valence-electron chi connectivity index (χ0n) is 17.0. The summed E-state index contributed by atoms with van der Waals surface area (Å²) < 4.78 is 0. The molecule has 0 nitrogen and oxygen atoms in total. The smallest absolute Gasteiger partial charge is 0.00987 e. The number of benzene rings is 1. The van der Waals surface area contributed by atoms with Crippen molar-refractivity contribution in [2.24, 2.45) is 11.8 Å². The first-order valence-corrected chi connectivity index (χ1v) is 10.7. The van der Waals surface area contributed by atoms with Crippen LogP contribution in [0.5, 0.6) is 0 Å². The Morgan fingerprint density at radius 1 is 1.08 bits per heavy atom. The minimum atomic E-state index is 0.652. The van der Waals surface area contributed by atoms with E-state index >= 15 is 0 Å². The van der Waals surface area contributed by atoms with Crippen LogP contribution in [0.1, 0.15) is 87.3 Å². The summed E-state index contributed by atoms with van der Waals surface area (Å²) in [6, 6.07) is 7.48. The fraction of sp³-hybridized carbons (Fsp3) is 0.538. The van der Waals surface area contributed by atoms with E-state index in [1.165, 1.54) is 50.5 Å². The lowest BCUT2D eigenvalue weighted by Crippen LogP contribution is -2.11. The maximum absolute atomic E-state index is 2.57. The molecule has 140 valence electrons. The highest BCUT2D eigenvalue weighted by Gasteiger charge is 2.32. The van der Waals surface area contributed by atoms with E-state index < -0.39 is 0 Å². The van der Waals surface area contributed by atoms with Gasteiger partial charge in [0.25, 0.3) is 0 Å². The number of rotatable bonds is 6. The highest BCUT2D eigenvalue weighted by Crippen LogP contribution is 2.46. The molecule has 0 aliphatic heterocycles. The van der Waals surface area contributed by atoms with Crippen LogP contribution in [0.3, 0.4) is 0 Å². The van der Waals surface area contributed by atoms with Gasteiger partial charge in [-0.2, -0.15) is 0 Å². The largest absolute Gasteiger partial charge is 0.0882 e. The van der Waals surface area contributed by atoms with Gasteiger partial charge >= 0.3 is 0 Å². The van der Waals surface area contributed by atoms with Gasteiger partial charge in [0.05, 0.1) is 0 Å². The number of hydrogen-bond acceptors (Lipinski definition) is 0. The van der Waals surface area contributed by atoms with Crippen molar-refractivity contribution < 1.29 is 0 Å². The van der Waals surface area contributed by atoms with Gasteiger partial charge in [0.1, 0.15) is 0 Å². The first-order chi connectivity index (χ1) is 12.7. The molecule has 1 fully saturated rings. The molecule has 0 heteroatoms. The van der Waals surface area contributed by atoms with E-state index in [0.717, 1.165) is 5.92 Å². The molecule has 2 aliphatic rings. The van der Waals surface area contributed by atoms with Crippen molar-refractivity contribution in [3.8, 4) is 0 Å². The molecule has 0 spiro atoms. The summed E-state index contributed by atoms with van der Waals surface area (Å²) in [5.74, 6) is 2.94.